The van der Waals surface area contributed by atoms with Crippen molar-refractivity contribution in [2.24, 2.45) is 0 Å². The first-order valence-corrected chi connectivity index (χ1v) is 9.39. The van der Waals surface area contributed by atoms with Gasteiger partial charge in [-0.25, -0.2) is 13.1 Å². The van der Waals surface area contributed by atoms with Gasteiger partial charge in [0.25, 0.3) is 0 Å². The van der Waals surface area contributed by atoms with Gasteiger partial charge in [-0.1, -0.05) is 41.9 Å². The second-order valence-corrected chi connectivity index (χ2v) is 7.57. The van der Waals surface area contributed by atoms with E-state index in [1.165, 1.54) is 0 Å². The summed E-state index contributed by atoms with van der Waals surface area (Å²) in [7, 11) is -3.30. The highest BCUT2D eigenvalue weighted by Crippen LogP contribution is 2.21. The molecule has 0 saturated carbocycles. The molecule has 0 radical (unpaired) electrons. The maximum atomic E-state index is 11.9. The van der Waals surface area contributed by atoms with E-state index in [-0.39, 0.29) is 18.9 Å². The SMILES string of the molecule is Cc1cc(Cl)ccc1OCCNS(=O)(=O)CCc1ccccc1. The van der Waals surface area contributed by atoms with Crippen molar-refractivity contribution in [3.63, 3.8) is 0 Å². The predicted octanol–water partition coefficient (Wildman–Crippen LogP) is 3.19. The van der Waals surface area contributed by atoms with Gasteiger partial charge in [0, 0.05) is 11.6 Å². The Bertz CT molecular complexity index is 733. The third-order valence-electron chi connectivity index (χ3n) is 3.32. The summed E-state index contributed by atoms with van der Waals surface area (Å²) in [6, 6.07) is 14.9. The van der Waals surface area contributed by atoms with Gasteiger partial charge in [0.1, 0.15) is 12.4 Å². The van der Waals surface area contributed by atoms with Crippen molar-refractivity contribution >= 4 is 21.6 Å². The lowest BCUT2D eigenvalue weighted by Gasteiger charge is -2.10. The van der Waals surface area contributed by atoms with Crippen LogP contribution in [0.1, 0.15) is 11.1 Å². The van der Waals surface area contributed by atoms with Crippen LogP contribution in [0.15, 0.2) is 48.5 Å². The zero-order chi connectivity index (χ0) is 16.7. The monoisotopic (exact) mass is 353 g/mol. The van der Waals surface area contributed by atoms with Crippen LogP contribution in [0.5, 0.6) is 5.75 Å². The number of ether oxygens (including phenoxy) is 1. The molecule has 0 aliphatic carbocycles. The topological polar surface area (TPSA) is 55.4 Å². The van der Waals surface area contributed by atoms with Crippen molar-refractivity contribution in [2.75, 3.05) is 18.9 Å². The molecule has 6 heteroatoms. The minimum Gasteiger partial charge on any atom is -0.492 e. The number of aryl methyl sites for hydroxylation is 2. The van der Waals surface area contributed by atoms with Crippen molar-refractivity contribution in [3.8, 4) is 5.75 Å². The molecule has 0 aliphatic heterocycles. The number of benzene rings is 2. The highest BCUT2D eigenvalue weighted by molar-refractivity contribution is 7.89. The number of hydrogen-bond acceptors (Lipinski definition) is 3. The van der Waals surface area contributed by atoms with Gasteiger partial charge in [0.15, 0.2) is 0 Å². The van der Waals surface area contributed by atoms with Crippen LogP contribution in [0.2, 0.25) is 5.02 Å². The molecule has 0 bridgehead atoms. The van der Waals surface area contributed by atoms with E-state index in [9.17, 15) is 8.42 Å². The predicted molar refractivity (Wildman–Crippen MR) is 93.6 cm³/mol. The van der Waals surface area contributed by atoms with Crippen LogP contribution < -0.4 is 9.46 Å². The van der Waals surface area contributed by atoms with Crippen LogP contribution in [0.4, 0.5) is 0 Å². The molecule has 0 spiro atoms. The van der Waals surface area contributed by atoms with E-state index in [0.717, 1.165) is 11.1 Å². The van der Waals surface area contributed by atoms with Crippen LogP contribution in [-0.4, -0.2) is 27.3 Å². The first kappa shape index (κ1) is 17.8. The van der Waals surface area contributed by atoms with Gasteiger partial charge in [0.2, 0.25) is 10.0 Å². The highest BCUT2D eigenvalue weighted by Gasteiger charge is 2.10. The van der Waals surface area contributed by atoms with Crippen LogP contribution in [0.3, 0.4) is 0 Å². The lowest BCUT2D eigenvalue weighted by molar-refractivity contribution is 0.320. The molecule has 23 heavy (non-hydrogen) atoms. The number of rotatable bonds is 8. The second kappa shape index (κ2) is 8.34. The lowest BCUT2D eigenvalue weighted by Crippen LogP contribution is -2.31. The Morgan fingerprint density at radius 3 is 2.57 bits per heavy atom. The highest BCUT2D eigenvalue weighted by atomic mass is 35.5. The van der Waals surface area contributed by atoms with Crippen LogP contribution >= 0.6 is 11.6 Å². The molecule has 0 fully saturated rings. The van der Waals surface area contributed by atoms with E-state index in [1.54, 1.807) is 18.2 Å². The van der Waals surface area contributed by atoms with Crippen molar-refractivity contribution in [3.05, 3.63) is 64.7 Å². The molecule has 2 aromatic carbocycles. The fourth-order valence-corrected chi connectivity index (χ4v) is 3.37. The Labute approximate surface area is 142 Å². The molecule has 0 aliphatic rings. The molecular weight excluding hydrogens is 334 g/mol. The van der Waals surface area contributed by atoms with E-state index in [2.05, 4.69) is 4.72 Å². The van der Waals surface area contributed by atoms with Crippen molar-refractivity contribution < 1.29 is 13.2 Å². The lowest BCUT2D eigenvalue weighted by atomic mass is 10.2. The molecule has 2 rings (SSSR count). The Kier molecular flexibility index (Phi) is 6.45. The molecule has 0 atom stereocenters. The molecule has 0 amide bonds. The minimum absolute atomic E-state index is 0.0665. The average molecular weight is 354 g/mol. The Hall–Kier alpha value is -1.56. The van der Waals surface area contributed by atoms with Crippen molar-refractivity contribution in [1.29, 1.82) is 0 Å². The second-order valence-electron chi connectivity index (χ2n) is 5.21. The van der Waals surface area contributed by atoms with E-state index >= 15 is 0 Å². The Balaban J connectivity index is 1.74. The standard InChI is InChI=1S/C17H20ClNO3S/c1-14-13-16(18)7-8-17(14)22-11-10-19-23(20,21)12-9-15-5-3-2-4-6-15/h2-8,13,19H,9-12H2,1H3. The fraction of sp³-hybridized carbons (Fsp3) is 0.294. The van der Waals surface area contributed by atoms with Gasteiger partial charge in [-0.15, -0.1) is 0 Å². The third kappa shape index (κ3) is 6.22. The fourth-order valence-electron chi connectivity index (χ4n) is 2.10. The Morgan fingerprint density at radius 1 is 1.13 bits per heavy atom. The average Bonchev–Trinajstić information content (AvgIpc) is 2.52. The number of hydrogen-bond donors (Lipinski definition) is 1. The number of nitrogens with one attached hydrogen (secondary N) is 1. The van der Waals surface area contributed by atoms with Gasteiger partial charge in [-0.3, -0.25) is 0 Å². The van der Waals surface area contributed by atoms with E-state index in [1.807, 2.05) is 37.3 Å². The molecular formula is C17H20ClNO3S. The molecule has 1 N–H and O–H groups in total. The summed E-state index contributed by atoms with van der Waals surface area (Å²) in [6.45, 7) is 2.40. The third-order valence-corrected chi connectivity index (χ3v) is 4.94. The summed E-state index contributed by atoms with van der Waals surface area (Å²) in [5.41, 5.74) is 1.93. The molecule has 0 saturated heterocycles. The number of sulfonamides is 1. The summed E-state index contributed by atoms with van der Waals surface area (Å²) in [4.78, 5) is 0. The zero-order valence-corrected chi connectivity index (χ0v) is 14.5. The van der Waals surface area contributed by atoms with Crippen LogP contribution in [0, 0.1) is 6.92 Å². The maximum Gasteiger partial charge on any atom is 0.212 e. The smallest absolute Gasteiger partial charge is 0.212 e. The van der Waals surface area contributed by atoms with Gasteiger partial charge in [-0.05, 0) is 42.7 Å². The van der Waals surface area contributed by atoms with E-state index < -0.39 is 10.0 Å². The maximum absolute atomic E-state index is 11.9. The van der Waals surface area contributed by atoms with Crippen LogP contribution in [0.25, 0.3) is 0 Å². The van der Waals surface area contributed by atoms with Gasteiger partial charge < -0.3 is 4.74 Å². The zero-order valence-electron chi connectivity index (χ0n) is 13.0. The quantitative estimate of drug-likeness (QED) is 0.741. The first-order chi connectivity index (χ1) is 11.0. The first-order valence-electron chi connectivity index (χ1n) is 7.36. The van der Waals surface area contributed by atoms with Gasteiger partial charge in [-0.2, -0.15) is 0 Å². The molecule has 4 nitrogen and oxygen atoms in total. The number of halogens is 1. The summed E-state index contributed by atoms with van der Waals surface area (Å²) >= 11 is 5.88. The van der Waals surface area contributed by atoms with Crippen molar-refractivity contribution in [2.45, 2.75) is 13.3 Å². The summed E-state index contributed by atoms with van der Waals surface area (Å²) in [5, 5.41) is 0.650. The molecule has 2 aromatic rings. The summed E-state index contributed by atoms with van der Waals surface area (Å²) < 4.78 is 32.0. The normalized spacial score (nSPS) is 11.4. The molecule has 124 valence electrons. The molecule has 0 heterocycles. The molecule has 0 unspecified atom stereocenters. The molecule has 0 aromatic heterocycles. The van der Waals surface area contributed by atoms with Crippen LogP contribution in [-0.2, 0) is 16.4 Å². The van der Waals surface area contributed by atoms with Gasteiger partial charge >= 0.3 is 0 Å². The van der Waals surface area contributed by atoms with E-state index in [4.69, 9.17) is 16.3 Å². The van der Waals surface area contributed by atoms with E-state index in [0.29, 0.717) is 17.2 Å². The summed E-state index contributed by atoms with van der Waals surface area (Å²) in [5.74, 6) is 0.773. The minimum atomic E-state index is -3.30. The largest absolute Gasteiger partial charge is 0.492 e. The Morgan fingerprint density at radius 2 is 1.87 bits per heavy atom. The van der Waals surface area contributed by atoms with Crippen molar-refractivity contribution in [1.82, 2.24) is 4.72 Å². The van der Waals surface area contributed by atoms with Gasteiger partial charge in [0.05, 0.1) is 5.75 Å². The summed E-state index contributed by atoms with van der Waals surface area (Å²) in [6.07, 6.45) is 0.493.